The second-order valence-corrected chi connectivity index (χ2v) is 7.10. The number of rotatable bonds is 8. The molecule has 2 aromatic rings. The number of carboxylic acid groups (broad SMARTS) is 1. The lowest BCUT2D eigenvalue weighted by Gasteiger charge is -2.09. The lowest BCUT2D eigenvalue weighted by Crippen LogP contribution is -2.15. The molecule has 0 aliphatic heterocycles. The Morgan fingerprint density at radius 2 is 1.71 bits per heavy atom. The SMILES string of the molecule is CCOc1ccc(CNc2ccc(S(=O)(=O)CC(=O)O)cc2)cc1. The molecule has 0 radical (unpaired) electrons. The van der Waals surface area contributed by atoms with Crippen molar-refractivity contribution in [1.82, 2.24) is 0 Å². The molecule has 0 bridgehead atoms. The van der Waals surface area contributed by atoms with E-state index in [9.17, 15) is 13.2 Å². The summed E-state index contributed by atoms with van der Waals surface area (Å²) < 4.78 is 29.0. The molecule has 0 aromatic heterocycles. The number of ether oxygens (including phenoxy) is 1. The Morgan fingerprint density at radius 1 is 1.08 bits per heavy atom. The summed E-state index contributed by atoms with van der Waals surface area (Å²) in [6.45, 7) is 3.12. The quantitative estimate of drug-likeness (QED) is 0.761. The zero-order chi connectivity index (χ0) is 17.6. The third kappa shape index (κ3) is 4.99. The number of aliphatic carboxylic acids is 1. The summed E-state index contributed by atoms with van der Waals surface area (Å²) in [4.78, 5) is 10.6. The number of nitrogens with one attached hydrogen (secondary N) is 1. The van der Waals surface area contributed by atoms with Gasteiger partial charge in [-0.3, -0.25) is 4.79 Å². The van der Waals surface area contributed by atoms with Gasteiger partial charge in [-0.05, 0) is 48.9 Å². The molecular formula is C17H19NO5S. The average molecular weight is 349 g/mol. The Bertz CT molecular complexity index is 783. The zero-order valence-corrected chi connectivity index (χ0v) is 14.0. The van der Waals surface area contributed by atoms with Crippen LogP contribution in [0.15, 0.2) is 53.4 Å². The first kappa shape index (κ1) is 17.8. The summed E-state index contributed by atoms with van der Waals surface area (Å²) in [6.07, 6.45) is 0. The van der Waals surface area contributed by atoms with Crippen molar-refractivity contribution in [2.45, 2.75) is 18.4 Å². The lowest BCUT2D eigenvalue weighted by molar-refractivity contribution is -0.134. The predicted molar refractivity (Wildman–Crippen MR) is 91.1 cm³/mol. The monoisotopic (exact) mass is 349 g/mol. The fourth-order valence-electron chi connectivity index (χ4n) is 2.10. The third-order valence-electron chi connectivity index (χ3n) is 3.26. The van der Waals surface area contributed by atoms with Crippen LogP contribution in [0.2, 0.25) is 0 Å². The van der Waals surface area contributed by atoms with E-state index in [-0.39, 0.29) is 4.90 Å². The van der Waals surface area contributed by atoms with E-state index < -0.39 is 21.6 Å². The Kier molecular flexibility index (Phi) is 5.81. The van der Waals surface area contributed by atoms with Crippen LogP contribution in [-0.4, -0.2) is 31.9 Å². The van der Waals surface area contributed by atoms with Gasteiger partial charge in [-0.1, -0.05) is 12.1 Å². The van der Waals surface area contributed by atoms with Crippen molar-refractivity contribution in [3.8, 4) is 5.75 Å². The van der Waals surface area contributed by atoms with Crippen LogP contribution in [0.3, 0.4) is 0 Å². The highest BCUT2D eigenvalue weighted by atomic mass is 32.2. The fourth-order valence-corrected chi connectivity index (χ4v) is 3.14. The maximum absolute atomic E-state index is 11.8. The Labute approximate surface area is 141 Å². The van der Waals surface area contributed by atoms with Crippen LogP contribution in [0.5, 0.6) is 5.75 Å². The molecule has 6 nitrogen and oxygen atoms in total. The summed E-state index contributed by atoms with van der Waals surface area (Å²) in [6, 6.07) is 13.7. The van der Waals surface area contributed by atoms with E-state index in [0.29, 0.717) is 13.2 Å². The summed E-state index contributed by atoms with van der Waals surface area (Å²) in [7, 11) is -3.79. The summed E-state index contributed by atoms with van der Waals surface area (Å²) in [5.41, 5.74) is 1.80. The van der Waals surface area contributed by atoms with Gasteiger partial charge < -0.3 is 15.2 Å². The van der Waals surface area contributed by atoms with E-state index in [4.69, 9.17) is 9.84 Å². The van der Waals surface area contributed by atoms with E-state index in [0.717, 1.165) is 17.0 Å². The largest absolute Gasteiger partial charge is 0.494 e. The molecule has 0 saturated carbocycles. The fraction of sp³-hybridized carbons (Fsp3) is 0.235. The van der Waals surface area contributed by atoms with Gasteiger partial charge in [0.05, 0.1) is 11.5 Å². The normalized spacial score (nSPS) is 11.0. The molecule has 7 heteroatoms. The minimum absolute atomic E-state index is 0.00322. The highest BCUT2D eigenvalue weighted by molar-refractivity contribution is 7.92. The molecular weight excluding hydrogens is 330 g/mol. The van der Waals surface area contributed by atoms with Crippen LogP contribution in [0, 0.1) is 0 Å². The van der Waals surface area contributed by atoms with Gasteiger partial charge >= 0.3 is 5.97 Å². The molecule has 2 rings (SSSR count). The van der Waals surface area contributed by atoms with Gasteiger partial charge in [0.25, 0.3) is 0 Å². The molecule has 0 amide bonds. The van der Waals surface area contributed by atoms with Crippen LogP contribution in [0.4, 0.5) is 5.69 Å². The van der Waals surface area contributed by atoms with Crippen molar-refractivity contribution in [2.75, 3.05) is 17.7 Å². The smallest absolute Gasteiger partial charge is 0.319 e. The van der Waals surface area contributed by atoms with Crippen LogP contribution in [-0.2, 0) is 21.2 Å². The van der Waals surface area contributed by atoms with Crippen molar-refractivity contribution < 1.29 is 23.1 Å². The molecule has 0 heterocycles. The van der Waals surface area contributed by atoms with E-state index in [1.807, 2.05) is 31.2 Å². The molecule has 0 unspecified atom stereocenters. The highest BCUT2D eigenvalue weighted by Gasteiger charge is 2.18. The molecule has 0 spiro atoms. The number of carbonyl (C=O) groups is 1. The molecule has 0 atom stereocenters. The number of hydrogen-bond donors (Lipinski definition) is 2. The van der Waals surface area contributed by atoms with E-state index >= 15 is 0 Å². The molecule has 128 valence electrons. The van der Waals surface area contributed by atoms with E-state index in [1.54, 1.807) is 12.1 Å². The van der Waals surface area contributed by atoms with E-state index in [2.05, 4.69) is 5.32 Å². The summed E-state index contributed by atoms with van der Waals surface area (Å²) in [5.74, 6) is -1.46. The maximum Gasteiger partial charge on any atom is 0.319 e. The van der Waals surface area contributed by atoms with Gasteiger partial charge in [0, 0.05) is 12.2 Å². The zero-order valence-electron chi connectivity index (χ0n) is 13.2. The second-order valence-electron chi connectivity index (χ2n) is 5.11. The second kappa shape index (κ2) is 7.83. The van der Waals surface area contributed by atoms with Crippen molar-refractivity contribution in [1.29, 1.82) is 0 Å². The van der Waals surface area contributed by atoms with Crippen LogP contribution in [0.1, 0.15) is 12.5 Å². The van der Waals surface area contributed by atoms with Crippen molar-refractivity contribution >= 4 is 21.5 Å². The molecule has 0 aliphatic rings. The van der Waals surface area contributed by atoms with Gasteiger partial charge in [0.2, 0.25) is 0 Å². The third-order valence-corrected chi connectivity index (χ3v) is 4.88. The molecule has 2 aromatic carbocycles. The number of benzene rings is 2. The average Bonchev–Trinajstić information content (AvgIpc) is 2.54. The topological polar surface area (TPSA) is 92.7 Å². The van der Waals surface area contributed by atoms with Crippen LogP contribution in [0.25, 0.3) is 0 Å². The Morgan fingerprint density at radius 3 is 2.25 bits per heavy atom. The first-order valence-electron chi connectivity index (χ1n) is 7.41. The standard InChI is InChI=1S/C17H19NO5S/c1-2-23-15-7-3-13(4-8-15)11-18-14-5-9-16(10-6-14)24(21,22)12-17(19)20/h3-10,18H,2,11-12H2,1H3,(H,19,20). The molecule has 0 fully saturated rings. The van der Waals surface area contributed by atoms with Crippen LogP contribution < -0.4 is 10.1 Å². The number of sulfone groups is 1. The van der Waals surface area contributed by atoms with Crippen LogP contribution >= 0.6 is 0 Å². The molecule has 24 heavy (non-hydrogen) atoms. The van der Waals surface area contributed by atoms with E-state index in [1.165, 1.54) is 12.1 Å². The van der Waals surface area contributed by atoms with Crippen molar-refractivity contribution in [3.63, 3.8) is 0 Å². The molecule has 2 N–H and O–H groups in total. The highest BCUT2D eigenvalue weighted by Crippen LogP contribution is 2.17. The first-order valence-corrected chi connectivity index (χ1v) is 9.06. The van der Waals surface area contributed by atoms with Crippen molar-refractivity contribution in [2.24, 2.45) is 0 Å². The summed E-state index contributed by atoms with van der Waals surface area (Å²) >= 11 is 0. The van der Waals surface area contributed by atoms with Crippen molar-refractivity contribution in [3.05, 3.63) is 54.1 Å². The maximum atomic E-state index is 11.8. The Balaban J connectivity index is 1.98. The molecule has 0 aliphatic carbocycles. The number of anilines is 1. The molecule has 0 saturated heterocycles. The van der Waals surface area contributed by atoms with Gasteiger partial charge in [0.15, 0.2) is 15.6 Å². The lowest BCUT2D eigenvalue weighted by atomic mass is 10.2. The summed E-state index contributed by atoms with van der Waals surface area (Å²) in [5, 5.41) is 11.8. The number of carboxylic acids is 1. The van der Waals surface area contributed by atoms with Gasteiger partial charge in [-0.25, -0.2) is 8.42 Å². The first-order chi connectivity index (χ1) is 11.4. The number of hydrogen-bond acceptors (Lipinski definition) is 5. The van der Waals surface area contributed by atoms with Gasteiger partial charge in [0.1, 0.15) is 5.75 Å². The predicted octanol–water partition coefficient (Wildman–Crippen LogP) is 2.56. The minimum Gasteiger partial charge on any atom is -0.494 e. The Hall–Kier alpha value is -2.54. The van der Waals surface area contributed by atoms with Gasteiger partial charge in [-0.15, -0.1) is 0 Å². The van der Waals surface area contributed by atoms with Gasteiger partial charge in [-0.2, -0.15) is 0 Å². The minimum atomic E-state index is -3.79.